The van der Waals surface area contributed by atoms with Crippen LogP contribution in [0.2, 0.25) is 0 Å². The zero-order chi connectivity index (χ0) is 12.6. The molecule has 5 heteroatoms. The van der Waals surface area contributed by atoms with E-state index in [2.05, 4.69) is 5.32 Å². The number of nitrogens with zero attached hydrogens (tertiary/aromatic N) is 1. The lowest BCUT2D eigenvalue weighted by Crippen LogP contribution is -2.40. The molecular formula is C12H17N2O2S+. The standard InChI is InChI=1S/C12H16N2O2S/c1-13-7-6-8-4-5-9(15)10-11(8)17-12(16)14(10,2)3/h4-5,13H,6-7H2,1-3H3/p+1. The summed E-state index contributed by atoms with van der Waals surface area (Å²) in [6, 6.07) is 3.58. The molecular weight excluding hydrogens is 236 g/mol. The van der Waals surface area contributed by atoms with E-state index in [0.717, 1.165) is 29.1 Å². The summed E-state index contributed by atoms with van der Waals surface area (Å²) in [4.78, 5) is 12.9. The van der Waals surface area contributed by atoms with E-state index in [0.29, 0.717) is 0 Å². The Bertz CT molecular complexity index is 472. The summed E-state index contributed by atoms with van der Waals surface area (Å²) in [7, 11) is 5.52. The van der Waals surface area contributed by atoms with Crippen molar-refractivity contribution >= 4 is 22.7 Å². The van der Waals surface area contributed by atoms with Crippen LogP contribution >= 0.6 is 11.8 Å². The monoisotopic (exact) mass is 253 g/mol. The number of amides is 1. The Morgan fingerprint density at radius 2 is 2.12 bits per heavy atom. The van der Waals surface area contributed by atoms with E-state index >= 15 is 0 Å². The lowest BCUT2D eigenvalue weighted by molar-refractivity contribution is 0.241. The number of phenolic OH excluding ortho intramolecular Hbond substituents is 1. The fourth-order valence-electron chi connectivity index (χ4n) is 2.01. The molecule has 1 amide bonds. The Morgan fingerprint density at radius 3 is 2.76 bits per heavy atom. The van der Waals surface area contributed by atoms with Crippen LogP contribution in [0.15, 0.2) is 17.0 Å². The number of fused-ring (bicyclic) bond motifs is 1. The quantitative estimate of drug-likeness (QED) is 0.808. The third-order valence-electron chi connectivity index (χ3n) is 3.04. The minimum atomic E-state index is 0.0483. The molecule has 0 unspecified atom stereocenters. The second kappa shape index (κ2) is 4.33. The first-order valence-electron chi connectivity index (χ1n) is 5.55. The summed E-state index contributed by atoms with van der Waals surface area (Å²) >= 11 is 1.23. The molecule has 0 fully saturated rings. The molecule has 0 saturated carbocycles. The number of carbonyl (C=O) groups is 1. The van der Waals surface area contributed by atoms with Crippen LogP contribution in [0.1, 0.15) is 5.56 Å². The fraction of sp³-hybridized carbons (Fsp3) is 0.417. The molecule has 92 valence electrons. The molecule has 1 aromatic rings. The number of rotatable bonds is 3. The van der Waals surface area contributed by atoms with Gasteiger partial charge in [-0.3, -0.25) is 0 Å². The second-order valence-electron chi connectivity index (χ2n) is 4.60. The molecule has 1 heterocycles. The molecule has 17 heavy (non-hydrogen) atoms. The van der Waals surface area contributed by atoms with Crippen molar-refractivity contribution in [2.75, 3.05) is 27.7 Å². The summed E-state index contributed by atoms with van der Waals surface area (Å²) in [5, 5.41) is 13.1. The predicted molar refractivity (Wildman–Crippen MR) is 70.6 cm³/mol. The van der Waals surface area contributed by atoms with Gasteiger partial charge in [0, 0.05) is 11.8 Å². The number of hydrogen-bond acceptors (Lipinski definition) is 4. The molecule has 0 aliphatic carbocycles. The Hall–Kier alpha value is -1.04. The molecule has 0 radical (unpaired) electrons. The molecule has 0 bridgehead atoms. The number of thioether (sulfide) groups is 1. The molecule has 4 nitrogen and oxygen atoms in total. The van der Waals surface area contributed by atoms with Gasteiger partial charge in [-0.25, -0.2) is 9.28 Å². The van der Waals surface area contributed by atoms with Crippen LogP contribution in [0, 0.1) is 0 Å². The molecule has 2 rings (SSSR count). The highest BCUT2D eigenvalue weighted by Crippen LogP contribution is 2.50. The van der Waals surface area contributed by atoms with Crippen molar-refractivity contribution in [2.45, 2.75) is 11.3 Å². The lowest BCUT2D eigenvalue weighted by Gasteiger charge is -2.20. The molecule has 0 atom stereocenters. The van der Waals surface area contributed by atoms with Crippen molar-refractivity contribution in [2.24, 2.45) is 0 Å². The van der Waals surface area contributed by atoms with Crippen molar-refractivity contribution < 1.29 is 9.90 Å². The largest absolute Gasteiger partial charge is 0.503 e. The van der Waals surface area contributed by atoms with Gasteiger partial charge in [-0.05, 0) is 31.6 Å². The maximum absolute atomic E-state index is 11.9. The van der Waals surface area contributed by atoms with Gasteiger partial charge in [-0.2, -0.15) is 0 Å². The first-order valence-corrected chi connectivity index (χ1v) is 6.36. The minimum Gasteiger partial charge on any atom is -0.503 e. The number of carbonyl (C=O) groups excluding carboxylic acids is 1. The van der Waals surface area contributed by atoms with E-state index in [9.17, 15) is 9.90 Å². The van der Waals surface area contributed by atoms with E-state index in [1.165, 1.54) is 11.8 Å². The highest BCUT2D eigenvalue weighted by molar-refractivity contribution is 8.14. The normalized spacial score (nSPS) is 17.2. The summed E-state index contributed by atoms with van der Waals surface area (Å²) in [6.07, 6.45) is 0.861. The van der Waals surface area contributed by atoms with Crippen molar-refractivity contribution in [3.8, 4) is 5.75 Å². The van der Waals surface area contributed by atoms with Crippen LogP contribution < -0.4 is 9.80 Å². The SMILES string of the molecule is CNCCc1ccc(O)c2c1SC(=O)[N+]2(C)C. The Kier molecular flexibility index (Phi) is 3.16. The smallest absolute Gasteiger partial charge is 0.384 e. The summed E-state index contributed by atoms with van der Waals surface area (Å²) in [5.41, 5.74) is 1.85. The number of benzene rings is 1. The van der Waals surface area contributed by atoms with Gasteiger partial charge in [0.2, 0.25) is 0 Å². The van der Waals surface area contributed by atoms with Gasteiger partial charge in [0.15, 0.2) is 11.4 Å². The van der Waals surface area contributed by atoms with E-state index in [1.54, 1.807) is 6.07 Å². The maximum Gasteiger partial charge on any atom is 0.384 e. The number of hydrogen-bond donors (Lipinski definition) is 2. The third-order valence-corrected chi connectivity index (χ3v) is 4.33. The minimum absolute atomic E-state index is 0.0483. The fourth-order valence-corrected chi connectivity index (χ4v) is 3.23. The Morgan fingerprint density at radius 1 is 1.41 bits per heavy atom. The molecule has 0 aromatic heterocycles. The number of aromatic hydroxyl groups is 1. The van der Waals surface area contributed by atoms with E-state index in [4.69, 9.17) is 0 Å². The van der Waals surface area contributed by atoms with Crippen molar-refractivity contribution in [1.29, 1.82) is 0 Å². The number of nitrogens with one attached hydrogen (secondary N) is 1. The van der Waals surface area contributed by atoms with Crippen LogP contribution in [-0.4, -0.2) is 38.0 Å². The second-order valence-corrected chi connectivity index (χ2v) is 5.56. The summed E-state index contributed by atoms with van der Waals surface area (Å²) in [5.74, 6) is 0.205. The topological polar surface area (TPSA) is 49.3 Å². The van der Waals surface area contributed by atoms with Gasteiger partial charge in [-0.1, -0.05) is 6.07 Å². The maximum atomic E-state index is 11.9. The van der Waals surface area contributed by atoms with Crippen LogP contribution in [0.25, 0.3) is 0 Å². The average molecular weight is 253 g/mol. The van der Waals surface area contributed by atoms with Gasteiger partial charge in [-0.15, -0.1) is 0 Å². The first-order chi connectivity index (χ1) is 7.98. The molecule has 2 N–H and O–H groups in total. The zero-order valence-corrected chi connectivity index (χ0v) is 11.1. The Labute approximate surface area is 105 Å². The molecule has 1 aliphatic heterocycles. The van der Waals surface area contributed by atoms with Crippen molar-refractivity contribution in [3.05, 3.63) is 17.7 Å². The predicted octanol–water partition coefficient (Wildman–Crippen LogP) is 1.95. The third kappa shape index (κ3) is 1.94. The zero-order valence-electron chi connectivity index (χ0n) is 10.3. The van der Waals surface area contributed by atoms with Gasteiger partial charge in [0.25, 0.3) is 0 Å². The van der Waals surface area contributed by atoms with Gasteiger partial charge in [0.1, 0.15) is 0 Å². The van der Waals surface area contributed by atoms with Crippen LogP contribution in [0.3, 0.4) is 0 Å². The molecule has 0 spiro atoms. The molecule has 0 saturated heterocycles. The highest BCUT2D eigenvalue weighted by Gasteiger charge is 2.44. The van der Waals surface area contributed by atoms with Crippen molar-refractivity contribution in [3.63, 3.8) is 0 Å². The van der Waals surface area contributed by atoms with Gasteiger partial charge < -0.3 is 10.4 Å². The summed E-state index contributed by atoms with van der Waals surface area (Å²) < 4.78 is 0.110. The van der Waals surface area contributed by atoms with Gasteiger partial charge >= 0.3 is 5.24 Å². The average Bonchev–Trinajstić information content (AvgIpc) is 2.50. The number of likely N-dealkylation sites (N-methyl/N-ethyl adjacent to an activating group) is 1. The highest BCUT2D eigenvalue weighted by atomic mass is 32.2. The van der Waals surface area contributed by atoms with E-state index in [-0.39, 0.29) is 15.5 Å². The summed E-state index contributed by atoms with van der Waals surface area (Å²) in [6.45, 7) is 0.861. The Balaban J connectivity index is 2.50. The first kappa shape index (κ1) is 12.4. The molecule has 1 aromatic carbocycles. The number of quaternary nitrogens is 1. The molecule has 1 aliphatic rings. The lowest BCUT2D eigenvalue weighted by atomic mass is 10.1. The van der Waals surface area contributed by atoms with E-state index in [1.807, 2.05) is 27.2 Å². The van der Waals surface area contributed by atoms with Crippen LogP contribution in [0.5, 0.6) is 5.75 Å². The van der Waals surface area contributed by atoms with Crippen LogP contribution in [-0.2, 0) is 6.42 Å². The van der Waals surface area contributed by atoms with Gasteiger partial charge in [0.05, 0.1) is 19.0 Å². The van der Waals surface area contributed by atoms with Crippen molar-refractivity contribution in [1.82, 2.24) is 9.80 Å². The number of phenols is 1. The van der Waals surface area contributed by atoms with Crippen LogP contribution in [0.4, 0.5) is 10.5 Å². The van der Waals surface area contributed by atoms with E-state index < -0.39 is 0 Å².